The average Bonchev–Trinajstić information content (AvgIpc) is 2.66. The fourth-order valence-electron chi connectivity index (χ4n) is 2.69. The van der Waals surface area contributed by atoms with E-state index in [1.165, 1.54) is 0 Å². The number of rotatable bonds is 8. The maximum Gasteiger partial charge on any atom is 0.191 e. The zero-order valence-corrected chi connectivity index (χ0v) is 16.9. The zero-order chi connectivity index (χ0) is 19.6. The molecule has 0 amide bonds. The summed E-state index contributed by atoms with van der Waals surface area (Å²) in [7, 11) is 1.76. The molecule has 0 aliphatic heterocycles. The SMILES string of the molecule is CCOc1ccc(C(C)NC(=NC)NCc2cccc(C)n2)cc1OCC. The normalized spacial score (nSPS) is 12.4. The summed E-state index contributed by atoms with van der Waals surface area (Å²) in [6.45, 7) is 9.82. The number of guanidine groups is 1. The minimum atomic E-state index is 0.0524. The summed E-state index contributed by atoms with van der Waals surface area (Å²) in [6.07, 6.45) is 0. The number of ether oxygens (including phenoxy) is 2. The number of aromatic nitrogens is 1. The molecule has 2 aromatic rings. The lowest BCUT2D eigenvalue weighted by molar-refractivity contribution is 0.287. The lowest BCUT2D eigenvalue weighted by atomic mass is 10.1. The number of hydrogen-bond donors (Lipinski definition) is 2. The van der Waals surface area contributed by atoms with Crippen molar-refractivity contribution in [2.24, 2.45) is 4.99 Å². The summed E-state index contributed by atoms with van der Waals surface area (Å²) in [5.41, 5.74) is 3.08. The molecule has 1 atom stereocenters. The van der Waals surface area contributed by atoms with Crippen LogP contribution in [0.3, 0.4) is 0 Å². The van der Waals surface area contributed by atoms with Crippen molar-refractivity contribution in [2.75, 3.05) is 20.3 Å². The third-order valence-electron chi connectivity index (χ3n) is 4.03. The van der Waals surface area contributed by atoms with Gasteiger partial charge < -0.3 is 20.1 Å². The van der Waals surface area contributed by atoms with Crippen molar-refractivity contribution < 1.29 is 9.47 Å². The first-order valence-corrected chi connectivity index (χ1v) is 9.36. The minimum absolute atomic E-state index is 0.0524. The van der Waals surface area contributed by atoms with Crippen LogP contribution >= 0.6 is 0 Å². The van der Waals surface area contributed by atoms with E-state index in [0.717, 1.165) is 34.4 Å². The highest BCUT2D eigenvalue weighted by atomic mass is 16.5. The van der Waals surface area contributed by atoms with Gasteiger partial charge in [0.2, 0.25) is 0 Å². The van der Waals surface area contributed by atoms with Gasteiger partial charge in [0.05, 0.1) is 31.5 Å². The molecule has 0 spiro atoms. The number of nitrogens with one attached hydrogen (secondary N) is 2. The second-order valence-electron chi connectivity index (χ2n) is 6.13. The molecule has 0 fully saturated rings. The number of pyridine rings is 1. The Kier molecular flexibility index (Phi) is 7.92. The van der Waals surface area contributed by atoms with Gasteiger partial charge in [-0.05, 0) is 57.5 Å². The molecule has 1 unspecified atom stereocenters. The maximum atomic E-state index is 5.72. The summed E-state index contributed by atoms with van der Waals surface area (Å²) in [5, 5.41) is 6.71. The quantitative estimate of drug-likeness (QED) is 0.549. The standard InChI is InChI=1S/C21H30N4O2/c1-6-26-19-12-11-17(13-20(19)27-7-2)16(4)25-21(22-5)23-14-18-10-8-9-15(3)24-18/h8-13,16H,6-7,14H2,1-5H3,(H2,22,23,25). The maximum absolute atomic E-state index is 5.72. The van der Waals surface area contributed by atoms with E-state index in [4.69, 9.17) is 9.47 Å². The molecule has 6 nitrogen and oxygen atoms in total. The van der Waals surface area contributed by atoms with Gasteiger partial charge in [0.1, 0.15) is 0 Å². The summed E-state index contributed by atoms with van der Waals surface area (Å²) in [5.74, 6) is 2.25. The van der Waals surface area contributed by atoms with Crippen LogP contribution in [0.1, 0.15) is 43.8 Å². The van der Waals surface area contributed by atoms with Crippen LogP contribution in [0.15, 0.2) is 41.4 Å². The Morgan fingerprint density at radius 2 is 1.85 bits per heavy atom. The number of nitrogens with zero attached hydrogens (tertiary/aromatic N) is 2. The van der Waals surface area contributed by atoms with Gasteiger partial charge in [-0.3, -0.25) is 9.98 Å². The van der Waals surface area contributed by atoms with Gasteiger partial charge in [0.15, 0.2) is 17.5 Å². The second kappa shape index (κ2) is 10.4. The topological polar surface area (TPSA) is 67.8 Å². The second-order valence-corrected chi connectivity index (χ2v) is 6.13. The van der Waals surface area contributed by atoms with Gasteiger partial charge in [-0.1, -0.05) is 12.1 Å². The van der Waals surface area contributed by atoms with Gasteiger partial charge in [-0.15, -0.1) is 0 Å². The van der Waals surface area contributed by atoms with Crippen molar-refractivity contribution in [1.82, 2.24) is 15.6 Å². The highest BCUT2D eigenvalue weighted by molar-refractivity contribution is 5.80. The Bertz CT molecular complexity index is 762. The van der Waals surface area contributed by atoms with Crippen LogP contribution in [-0.2, 0) is 6.54 Å². The Morgan fingerprint density at radius 1 is 1.11 bits per heavy atom. The molecular weight excluding hydrogens is 340 g/mol. The van der Waals surface area contributed by atoms with E-state index in [0.29, 0.717) is 19.8 Å². The fourth-order valence-corrected chi connectivity index (χ4v) is 2.69. The summed E-state index contributed by atoms with van der Waals surface area (Å²) < 4.78 is 11.4. The lowest BCUT2D eigenvalue weighted by Gasteiger charge is -2.20. The van der Waals surface area contributed by atoms with Gasteiger partial charge in [0.25, 0.3) is 0 Å². The van der Waals surface area contributed by atoms with E-state index in [1.54, 1.807) is 7.05 Å². The van der Waals surface area contributed by atoms with E-state index in [1.807, 2.05) is 57.2 Å². The molecule has 146 valence electrons. The predicted molar refractivity (Wildman–Crippen MR) is 110 cm³/mol. The summed E-state index contributed by atoms with van der Waals surface area (Å²) in [6, 6.07) is 12.1. The van der Waals surface area contributed by atoms with Gasteiger partial charge in [0, 0.05) is 12.7 Å². The van der Waals surface area contributed by atoms with E-state index in [-0.39, 0.29) is 6.04 Å². The smallest absolute Gasteiger partial charge is 0.191 e. The molecule has 1 aromatic heterocycles. The van der Waals surface area contributed by atoms with Crippen LogP contribution in [0.2, 0.25) is 0 Å². The molecular formula is C21H30N4O2. The fraction of sp³-hybridized carbons (Fsp3) is 0.429. The third-order valence-corrected chi connectivity index (χ3v) is 4.03. The monoisotopic (exact) mass is 370 g/mol. The van der Waals surface area contributed by atoms with Gasteiger partial charge >= 0.3 is 0 Å². The molecule has 2 rings (SSSR count). The van der Waals surface area contributed by atoms with Gasteiger partial charge in [-0.25, -0.2) is 0 Å². The Balaban J connectivity index is 2.03. The first-order chi connectivity index (χ1) is 13.1. The third kappa shape index (κ3) is 6.16. The van der Waals surface area contributed by atoms with Crippen LogP contribution in [0.5, 0.6) is 11.5 Å². The lowest BCUT2D eigenvalue weighted by Crippen LogP contribution is -2.38. The largest absolute Gasteiger partial charge is 0.490 e. The van der Waals surface area contributed by atoms with Crippen molar-refractivity contribution in [3.8, 4) is 11.5 Å². The molecule has 0 saturated heterocycles. The molecule has 0 saturated carbocycles. The van der Waals surface area contributed by atoms with Crippen molar-refractivity contribution in [3.63, 3.8) is 0 Å². The van der Waals surface area contributed by atoms with Crippen molar-refractivity contribution >= 4 is 5.96 Å². The van der Waals surface area contributed by atoms with Crippen LogP contribution in [-0.4, -0.2) is 31.2 Å². The predicted octanol–water partition coefficient (Wildman–Crippen LogP) is 3.61. The number of aryl methyl sites for hydroxylation is 1. The van der Waals surface area contributed by atoms with Crippen LogP contribution in [0.25, 0.3) is 0 Å². The van der Waals surface area contributed by atoms with E-state index >= 15 is 0 Å². The Hall–Kier alpha value is -2.76. The highest BCUT2D eigenvalue weighted by Gasteiger charge is 2.12. The number of benzene rings is 1. The molecule has 1 aromatic carbocycles. The van der Waals surface area contributed by atoms with Crippen molar-refractivity contribution in [1.29, 1.82) is 0 Å². The molecule has 27 heavy (non-hydrogen) atoms. The molecule has 2 N–H and O–H groups in total. The van der Waals surface area contributed by atoms with Crippen molar-refractivity contribution in [3.05, 3.63) is 53.3 Å². The molecule has 0 aliphatic rings. The van der Waals surface area contributed by atoms with Gasteiger partial charge in [-0.2, -0.15) is 0 Å². The van der Waals surface area contributed by atoms with Crippen molar-refractivity contribution in [2.45, 2.75) is 40.3 Å². The highest BCUT2D eigenvalue weighted by Crippen LogP contribution is 2.30. The first kappa shape index (κ1) is 20.6. The molecule has 1 heterocycles. The average molecular weight is 370 g/mol. The van der Waals surface area contributed by atoms with Crippen LogP contribution in [0, 0.1) is 6.92 Å². The van der Waals surface area contributed by atoms with Crippen LogP contribution in [0.4, 0.5) is 0 Å². The summed E-state index contributed by atoms with van der Waals surface area (Å²) in [4.78, 5) is 8.81. The van der Waals surface area contributed by atoms with E-state index < -0.39 is 0 Å². The van der Waals surface area contributed by atoms with E-state index in [2.05, 4.69) is 27.5 Å². The Labute approximate surface area is 162 Å². The van der Waals surface area contributed by atoms with E-state index in [9.17, 15) is 0 Å². The zero-order valence-electron chi connectivity index (χ0n) is 16.9. The number of aliphatic imine (C=N–C) groups is 1. The minimum Gasteiger partial charge on any atom is -0.490 e. The summed E-state index contributed by atoms with van der Waals surface area (Å²) >= 11 is 0. The Morgan fingerprint density at radius 3 is 2.52 bits per heavy atom. The first-order valence-electron chi connectivity index (χ1n) is 9.36. The van der Waals surface area contributed by atoms with Crippen LogP contribution < -0.4 is 20.1 Å². The molecule has 0 radical (unpaired) electrons. The molecule has 6 heteroatoms. The molecule has 0 bridgehead atoms. The molecule has 0 aliphatic carbocycles. The number of hydrogen-bond acceptors (Lipinski definition) is 4.